The van der Waals surface area contributed by atoms with Gasteiger partial charge in [-0.05, 0) is 51.4 Å². The number of carbonyl (C=O) groups is 2. The molecular formula is C33H57O10P. The lowest BCUT2D eigenvalue weighted by molar-refractivity contribution is -0.153. The van der Waals surface area contributed by atoms with Crippen LogP contribution in [0.25, 0.3) is 0 Å². The molecule has 0 amide bonds. The molecule has 3 unspecified atom stereocenters. The molecule has 44 heavy (non-hydrogen) atoms. The summed E-state index contributed by atoms with van der Waals surface area (Å²) >= 11 is 0. The number of esters is 2. The summed E-state index contributed by atoms with van der Waals surface area (Å²) in [5.74, 6) is -1.08. The van der Waals surface area contributed by atoms with E-state index in [9.17, 15) is 29.3 Å². The monoisotopic (exact) mass is 644 g/mol. The average Bonchev–Trinajstić information content (AvgIpc) is 3.01. The Labute approximate surface area is 264 Å². The van der Waals surface area contributed by atoms with Crippen LogP contribution >= 0.6 is 7.82 Å². The molecule has 11 heteroatoms. The molecule has 254 valence electrons. The highest BCUT2D eigenvalue weighted by Gasteiger charge is 2.27. The van der Waals surface area contributed by atoms with Crippen LogP contribution in [-0.2, 0) is 32.7 Å². The Balaban J connectivity index is 3.93. The quantitative estimate of drug-likeness (QED) is 0.0335. The van der Waals surface area contributed by atoms with Crippen molar-refractivity contribution in [3.8, 4) is 0 Å². The van der Waals surface area contributed by atoms with E-state index in [0.29, 0.717) is 12.8 Å². The molecule has 0 fully saturated rings. The van der Waals surface area contributed by atoms with Crippen LogP contribution in [0.15, 0.2) is 48.6 Å². The van der Waals surface area contributed by atoms with Crippen molar-refractivity contribution in [3.63, 3.8) is 0 Å². The largest absolute Gasteiger partial charge is 0.472 e. The molecule has 3 atom stereocenters. The summed E-state index contributed by atoms with van der Waals surface area (Å²) < 4.78 is 31.8. The topological polar surface area (TPSA) is 149 Å². The number of carbonyl (C=O) groups excluding carboxylic acids is 2. The first-order valence-corrected chi connectivity index (χ1v) is 17.6. The first-order chi connectivity index (χ1) is 21.3. The van der Waals surface area contributed by atoms with Crippen molar-refractivity contribution in [2.24, 2.45) is 0 Å². The molecule has 0 aliphatic rings. The normalized spacial score (nSPS) is 14.9. The lowest BCUT2D eigenvalue weighted by Gasteiger charge is -2.20. The summed E-state index contributed by atoms with van der Waals surface area (Å²) in [6, 6.07) is 0. The van der Waals surface area contributed by atoms with Crippen LogP contribution in [-0.4, -0.2) is 65.7 Å². The van der Waals surface area contributed by atoms with Gasteiger partial charge in [-0.25, -0.2) is 4.57 Å². The standard InChI is InChI=1S/C33H57O10P/c1-3-5-7-8-9-10-11-12-13-14-15-16-17-18-19-20-21-22-23-25-33(37)43-31(27-35)29-41-44(38,39)40-28-30(26-34)42-32(36)24-6-4-2/h5,7,9-10,12-13,15-16,30-31,34-35H,3-4,6,8,11,14,17-29H2,1-2H3,(H,38,39)/b7-5-,10-9-,13-12-,16-15-. The predicted molar refractivity (Wildman–Crippen MR) is 173 cm³/mol. The van der Waals surface area contributed by atoms with Gasteiger partial charge in [-0.1, -0.05) is 94.6 Å². The summed E-state index contributed by atoms with van der Waals surface area (Å²) in [5, 5.41) is 18.8. The van der Waals surface area contributed by atoms with E-state index in [-0.39, 0.29) is 12.8 Å². The van der Waals surface area contributed by atoms with E-state index < -0.39 is 58.4 Å². The maximum atomic E-state index is 12.1. The van der Waals surface area contributed by atoms with Crippen LogP contribution in [0.2, 0.25) is 0 Å². The van der Waals surface area contributed by atoms with E-state index in [4.69, 9.17) is 18.5 Å². The van der Waals surface area contributed by atoms with Gasteiger partial charge in [0.2, 0.25) is 0 Å². The molecule has 0 aromatic carbocycles. The van der Waals surface area contributed by atoms with E-state index in [2.05, 4.69) is 55.5 Å². The van der Waals surface area contributed by atoms with Gasteiger partial charge in [0.05, 0.1) is 26.4 Å². The van der Waals surface area contributed by atoms with E-state index in [1.807, 2.05) is 6.92 Å². The zero-order valence-electron chi connectivity index (χ0n) is 26.9. The molecule has 0 radical (unpaired) electrons. The number of ether oxygens (including phenoxy) is 2. The van der Waals surface area contributed by atoms with Crippen molar-refractivity contribution in [1.82, 2.24) is 0 Å². The second-order valence-corrected chi connectivity index (χ2v) is 11.9. The zero-order chi connectivity index (χ0) is 32.7. The van der Waals surface area contributed by atoms with Crippen LogP contribution in [0.3, 0.4) is 0 Å². The van der Waals surface area contributed by atoms with Gasteiger partial charge in [0.1, 0.15) is 12.2 Å². The molecule has 0 aliphatic heterocycles. The van der Waals surface area contributed by atoms with Crippen molar-refractivity contribution < 1.29 is 47.8 Å². The molecule has 10 nitrogen and oxygen atoms in total. The summed E-state index contributed by atoms with van der Waals surface area (Å²) in [6.45, 7) is 1.73. The van der Waals surface area contributed by atoms with Crippen LogP contribution in [0.1, 0.15) is 110 Å². The minimum atomic E-state index is -4.61. The Morgan fingerprint density at radius 3 is 1.55 bits per heavy atom. The molecule has 0 aromatic heterocycles. The highest BCUT2D eigenvalue weighted by atomic mass is 31.2. The first kappa shape index (κ1) is 41.9. The second kappa shape index (κ2) is 29.6. The molecule has 0 saturated heterocycles. The molecular weight excluding hydrogens is 587 g/mol. The number of aliphatic hydroxyl groups is 2. The fourth-order valence-electron chi connectivity index (χ4n) is 3.79. The Kier molecular flexibility index (Phi) is 28.2. The zero-order valence-corrected chi connectivity index (χ0v) is 27.7. The number of phosphoric ester groups is 1. The van der Waals surface area contributed by atoms with Crippen molar-refractivity contribution in [2.45, 2.75) is 122 Å². The van der Waals surface area contributed by atoms with Crippen LogP contribution in [0.5, 0.6) is 0 Å². The lowest BCUT2D eigenvalue weighted by atomic mass is 10.1. The number of hydrogen-bond acceptors (Lipinski definition) is 9. The fourth-order valence-corrected chi connectivity index (χ4v) is 4.57. The Bertz CT molecular complexity index is 884. The van der Waals surface area contributed by atoms with Gasteiger partial charge in [-0.2, -0.15) is 0 Å². The molecule has 3 N–H and O–H groups in total. The summed E-state index contributed by atoms with van der Waals surface area (Å²) in [5.41, 5.74) is 0. The van der Waals surface area contributed by atoms with E-state index in [1.54, 1.807) is 0 Å². The Morgan fingerprint density at radius 2 is 1.07 bits per heavy atom. The smallest absolute Gasteiger partial charge is 0.457 e. The van der Waals surface area contributed by atoms with Crippen molar-refractivity contribution in [2.75, 3.05) is 26.4 Å². The van der Waals surface area contributed by atoms with Gasteiger partial charge < -0.3 is 24.6 Å². The van der Waals surface area contributed by atoms with Gasteiger partial charge in [0.25, 0.3) is 0 Å². The van der Waals surface area contributed by atoms with E-state index in [1.165, 1.54) is 0 Å². The highest BCUT2D eigenvalue weighted by molar-refractivity contribution is 7.47. The summed E-state index contributed by atoms with van der Waals surface area (Å²) in [6.07, 6.45) is 28.0. The first-order valence-electron chi connectivity index (χ1n) is 16.1. The maximum absolute atomic E-state index is 12.1. The molecule has 0 aromatic rings. The Hall–Kier alpha value is -2.07. The molecule has 0 aliphatic carbocycles. The average molecular weight is 645 g/mol. The number of aliphatic hydroxyl groups excluding tert-OH is 2. The lowest BCUT2D eigenvalue weighted by Crippen LogP contribution is -2.28. The number of unbranched alkanes of at least 4 members (excludes halogenated alkanes) is 7. The number of phosphoric acid groups is 1. The molecule has 0 heterocycles. The van der Waals surface area contributed by atoms with Crippen molar-refractivity contribution >= 4 is 19.8 Å². The Morgan fingerprint density at radius 1 is 0.636 bits per heavy atom. The fraction of sp³-hybridized carbons (Fsp3) is 0.697. The third kappa shape index (κ3) is 27.5. The number of hydrogen-bond donors (Lipinski definition) is 3. The molecule has 0 saturated carbocycles. The van der Waals surface area contributed by atoms with Gasteiger partial charge in [0.15, 0.2) is 0 Å². The summed E-state index contributed by atoms with van der Waals surface area (Å²) in [7, 11) is -4.61. The van der Waals surface area contributed by atoms with Gasteiger partial charge in [0, 0.05) is 12.8 Å². The second-order valence-electron chi connectivity index (χ2n) is 10.4. The maximum Gasteiger partial charge on any atom is 0.472 e. The van der Waals surface area contributed by atoms with Gasteiger partial charge in [-0.3, -0.25) is 18.6 Å². The summed E-state index contributed by atoms with van der Waals surface area (Å²) in [4.78, 5) is 33.6. The SMILES string of the molecule is CC/C=C\C/C=C\C/C=C\C/C=C\CCCCCCCCC(=O)OC(CO)COP(=O)(O)OCC(CO)OC(=O)CCCC. The minimum absolute atomic E-state index is 0.164. The van der Waals surface area contributed by atoms with E-state index in [0.717, 1.165) is 70.6 Å². The van der Waals surface area contributed by atoms with Crippen molar-refractivity contribution in [3.05, 3.63) is 48.6 Å². The third-order valence-electron chi connectivity index (χ3n) is 6.31. The molecule has 0 spiro atoms. The third-order valence-corrected chi connectivity index (χ3v) is 7.26. The number of rotatable bonds is 29. The van der Waals surface area contributed by atoms with Crippen LogP contribution < -0.4 is 0 Å². The van der Waals surface area contributed by atoms with Crippen molar-refractivity contribution in [1.29, 1.82) is 0 Å². The number of allylic oxidation sites excluding steroid dienone is 8. The van der Waals surface area contributed by atoms with E-state index >= 15 is 0 Å². The molecule has 0 rings (SSSR count). The molecule has 0 bridgehead atoms. The van der Waals surface area contributed by atoms with Crippen LogP contribution in [0, 0.1) is 0 Å². The minimum Gasteiger partial charge on any atom is -0.457 e. The predicted octanol–water partition coefficient (Wildman–Crippen LogP) is 7.04. The van der Waals surface area contributed by atoms with Crippen LogP contribution in [0.4, 0.5) is 0 Å². The highest BCUT2D eigenvalue weighted by Crippen LogP contribution is 2.43. The van der Waals surface area contributed by atoms with Gasteiger partial charge >= 0.3 is 19.8 Å². The van der Waals surface area contributed by atoms with Gasteiger partial charge in [-0.15, -0.1) is 0 Å².